The van der Waals surface area contributed by atoms with Crippen molar-refractivity contribution in [2.75, 3.05) is 0 Å². The van der Waals surface area contributed by atoms with Gasteiger partial charge >= 0.3 is 20.3 Å². The molecule has 0 radical (unpaired) electrons. The first-order valence-corrected chi connectivity index (χ1v) is 2.24. The molecule has 2 unspecified atom stereocenters. The van der Waals surface area contributed by atoms with Crippen molar-refractivity contribution in [2.45, 2.75) is 12.2 Å². The van der Waals surface area contributed by atoms with Crippen molar-refractivity contribution in [2.24, 2.45) is 0 Å². The first-order valence-electron chi connectivity index (χ1n) is 2.24. The minimum absolute atomic E-state index is 0. The Hall–Kier alpha value is -0.543. The minimum Gasteiger partial charge on any atom is -0.547 e. The Balaban J connectivity index is -0.000000405. The van der Waals surface area contributed by atoms with E-state index < -0.39 is 24.1 Å². The van der Waals surface area contributed by atoms with Crippen LogP contribution >= 0.6 is 0 Å². The standard InChI is InChI=1S/C4H6O6.Li/c5-1(3(7)8)2(6)4(9)10;/h1-2,5-6H,(H,7,8)(H,9,10);/q;+1/p-1. The summed E-state index contributed by atoms with van der Waals surface area (Å²) in [4.78, 5) is 19.3. The van der Waals surface area contributed by atoms with Crippen molar-refractivity contribution >= 4 is 11.9 Å². The quantitative estimate of drug-likeness (QED) is 0.391. The van der Waals surface area contributed by atoms with Crippen LogP contribution in [0.25, 0.3) is 0 Å². The van der Waals surface area contributed by atoms with Gasteiger partial charge in [-0.1, -0.05) is 0 Å². The maximum atomic E-state index is 9.63. The van der Waals surface area contributed by atoms with Crippen LogP contribution < -0.4 is 29.1 Å². The monoisotopic (exact) mass is 156 g/mol. The molecule has 0 heterocycles. The Morgan fingerprint density at radius 1 is 1.09 bits per heavy atom. The van der Waals surface area contributed by atoms with Crippen molar-refractivity contribution in [1.82, 2.24) is 0 Å². The number of carboxylic acids is 2. The third-order valence-corrected chi connectivity index (χ3v) is 0.782. The molecule has 0 aromatic heterocycles. The fourth-order valence-electron chi connectivity index (χ4n) is 0.258. The molecule has 0 amide bonds. The van der Waals surface area contributed by atoms with Gasteiger partial charge in [0.15, 0.2) is 0 Å². The molecule has 58 valence electrons. The summed E-state index contributed by atoms with van der Waals surface area (Å²) in [6.45, 7) is 0. The third kappa shape index (κ3) is 4.01. The number of aliphatic hydroxyl groups is 2. The molecule has 0 saturated heterocycles. The van der Waals surface area contributed by atoms with Gasteiger partial charge < -0.3 is 30.0 Å². The van der Waals surface area contributed by atoms with Crippen LogP contribution in [0.5, 0.6) is 0 Å². The summed E-state index contributed by atoms with van der Waals surface area (Å²) in [5, 5.41) is 35.7. The van der Waals surface area contributed by atoms with Crippen LogP contribution in [0, 0.1) is 0 Å². The second-order valence-corrected chi connectivity index (χ2v) is 1.53. The fraction of sp³-hybridized carbons (Fsp3) is 0.500. The average molecular weight is 156 g/mol. The van der Waals surface area contributed by atoms with Gasteiger partial charge in [-0.3, -0.25) is 0 Å². The van der Waals surface area contributed by atoms with Crippen LogP contribution in [0.15, 0.2) is 0 Å². The SMILES string of the molecule is O=C([O-])C(O)C(O)C(=O)[O-].[H+].[Li+]. The first kappa shape index (κ1) is 13.1. The number of hydrogen-bond donors (Lipinski definition) is 2. The van der Waals surface area contributed by atoms with E-state index in [9.17, 15) is 19.8 Å². The Morgan fingerprint density at radius 3 is 1.36 bits per heavy atom. The fourth-order valence-corrected chi connectivity index (χ4v) is 0.258. The summed E-state index contributed by atoms with van der Waals surface area (Å²) in [5.41, 5.74) is 0. The molecule has 11 heavy (non-hydrogen) atoms. The van der Waals surface area contributed by atoms with Crippen LogP contribution in [-0.4, -0.2) is 34.4 Å². The molecule has 0 rings (SSSR count). The molecule has 0 spiro atoms. The zero-order valence-corrected chi connectivity index (χ0v) is 5.68. The summed E-state index contributed by atoms with van der Waals surface area (Å²) in [6, 6.07) is 0. The molecular formula is C4H5LiO6. The van der Waals surface area contributed by atoms with Gasteiger partial charge in [0.25, 0.3) is 0 Å². The number of hydrogen-bond acceptors (Lipinski definition) is 6. The Bertz CT molecular complexity index is 144. The second kappa shape index (κ2) is 5.15. The van der Waals surface area contributed by atoms with Crippen LogP contribution in [0.4, 0.5) is 0 Å². The Kier molecular flexibility index (Phi) is 6.13. The van der Waals surface area contributed by atoms with Gasteiger partial charge in [0.05, 0.1) is 11.9 Å². The van der Waals surface area contributed by atoms with E-state index in [1.807, 2.05) is 0 Å². The predicted octanol–water partition coefficient (Wildman–Crippen LogP) is -7.68. The molecule has 2 atom stereocenters. The molecule has 0 aromatic rings. The van der Waals surface area contributed by atoms with Crippen LogP contribution in [-0.2, 0) is 9.59 Å². The summed E-state index contributed by atoms with van der Waals surface area (Å²) in [7, 11) is 0. The van der Waals surface area contributed by atoms with Gasteiger partial charge in [-0.15, -0.1) is 0 Å². The average Bonchev–Trinajstić information content (AvgIpc) is 1.84. The zero-order valence-electron chi connectivity index (χ0n) is 6.68. The summed E-state index contributed by atoms with van der Waals surface area (Å²) in [5.74, 6) is -4.12. The van der Waals surface area contributed by atoms with Crippen molar-refractivity contribution in [1.29, 1.82) is 0 Å². The largest absolute Gasteiger partial charge is 1.00 e. The number of carboxylic acid groups (broad SMARTS) is 2. The molecule has 0 saturated carbocycles. The van der Waals surface area contributed by atoms with Crippen molar-refractivity contribution in [3.63, 3.8) is 0 Å². The smallest absolute Gasteiger partial charge is 0.547 e. The Morgan fingerprint density at radius 2 is 1.27 bits per heavy atom. The van der Waals surface area contributed by atoms with Crippen LogP contribution in [0.1, 0.15) is 1.43 Å². The molecule has 2 N–H and O–H groups in total. The number of carbonyl (C=O) groups excluding carboxylic acids is 2. The van der Waals surface area contributed by atoms with Gasteiger partial charge in [-0.2, -0.15) is 0 Å². The van der Waals surface area contributed by atoms with E-state index >= 15 is 0 Å². The number of aliphatic hydroxyl groups excluding tert-OH is 2. The van der Waals surface area contributed by atoms with Gasteiger partial charge in [-0.25, -0.2) is 0 Å². The molecule has 6 nitrogen and oxygen atoms in total. The van der Waals surface area contributed by atoms with Crippen molar-refractivity contribution in [3.05, 3.63) is 0 Å². The molecule has 0 aliphatic rings. The van der Waals surface area contributed by atoms with Gasteiger partial charge in [-0.05, 0) is 0 Å². The summed E-state index contributed by atoms with van der Waals surface area (Å²) in [6.07, 6.45) is -4.88. The van der Waals surface area contributed by atoms with E-state index in [2.05, 4.69) is 0 Å². The molecule has 0 aromatic carbocycles. The van der Waals surface area contributed by atoms with E-state index in [-0.39, 0.29) is 20.3 Å². The summed E-state index contributed by atoms with van der Waals surface area (Å²) >= 11 is 0. The molecule has 0 bridgehead atoms. The van der Waals surface area contributed by atoms with E-state index in [1.165, 1.54) is 0 Å². The molecule has 0 aliphatic carbocycles. The second-order valence-electron chi connectivity index (χ2n) is 1.53. The topological polar surface area (TPSA) is 121 Å². The molecule has 0 fully saturated rings. The van der Waals surface area contributed by atoms with Gasteiger partial charge in [0, 0.05) is 0 Å². The van der Waals surface area contributed by atoms with E-state index in [4.69, 9.17) is 10.2 Å². The first-order chi connectivity index (χ1) is 4.46. The van der Waals surface area contributed by atoms with E-state index in [1.54, 1.807) is 0 Å². The maximum absolute atomic E-state index is 9.63. The molecular weight excluding hydrogens is 151 g/mol. The number of aliphatic carboxylic acids is 2. The van der Waals surface area contributed by atoms with Crippen molar-refractivity contribution in [3.8, 4) is 0 Å². The summed E-state index contributed by atoms with van der Waals surface area (Å²) < 4.78 is 0. The number of carbonyl (C=O) groups is 2. The van der Waals surface area contributed by atoms with Gasteiger partial charge in [0.1, 0.15) is 12.2 Å². The van der Waals surface area contributed by atoms with E-state index in [0.29, 0.717) is 0 Å². The maximum Gasteiger partial charge on any atom is 1.00 e. The van der Waals surface area contributed by atoms with Crippen LogP contribution in [0.2, 0.25) is 0 Å². The number of rotatable bonds is 3. The minimum atomic E-state index is -2.44. The van der Waals surface area contributed by atoms with Crippen LogP contribution in [0.3, 0.4) is 0 Å². The molecule has 7 heteroatoms. The Labute approximate surface area is 75.1 Å². The predicted molar refractivity (Wildman–Crippen MR) is 23.1 cm³/mol. The molecule has 0 aliphatic heterocycles. The van der Waals surface area contributed by atoms with Crippen molar-refractivity contribution < 1.29 is 50.3 Å². The normalized spacial score (nSPS) is 14.4. The zero-order chi connectivity index (χ0) is 8.31. The van der Waals surface area contributed by atoms with Gasteiger partial charge in [0.2, 0.25) is 0 Å². The van der Waals surface area contributed by atoms with E-state index in [0.717, 1.165) is 0 Å². The third-order valence-electron chi connectivity index (χ3n) is 0.782.